The van der Waals surface area contributed by atoms with E-state index in [-0.39, 0.29) is 23.7 Å². The van der Waals surface area contributed by atoms with Crippen LogP contribution in [0.4, 0.5) is 15.0 Å². The van der Waals surface area contributed by atoms with Crippen molar-refractivity contribution in [1.82, 2.24) is 24.9 Å². The second kappa shape index (κ2) is 9.08. The third kappa shape index (κ3) is 4.90. The predicted octanol–water partition coefficient (Wildman–Crippen LogP) is 4.73. The smallest absolute Gasteiger partial charge is 0.410 e. The van der Waals surface area contributed by atoms with Crippen molar-refractivity contribution in [3.05, 3.63) is 30.1 Å². The first kappa shape index (κ1) is 23.7. The molecule has 1 saturated heterocycles. The number of hydrogen-bond acceptors (Lipinski definition) is 7. The summed E-state index contributed by atoms with van der Waals surface area (Å²) in [6, 6.07) is 6.25. The van der Waals surface area contributed by atoms with Gasteiger partial charge in [-0.2, -0.15) is 5.10 Å². The van der Waals surface area contributed by atoms with Gasteiger partial charge in [-0.15, -0.1) is 10.2 Å². The average molecular weight is 471 g/mol. The number of halogens is 1. The summed E-state index contributed by atoms with van der Waals surface area (Å²) in [5, 5.41) is 26.9. The Hall–Kier alpha value is -3.43. The topological polar surface area (TPSA) is 105 Å². The van der Waals surface area contributed by atoms with E-state index in [4.69, 9.17) is 9.84 Å². The molecule has 0 aliphatic carbocycles. The number of anilines is 1. The van der Waals surface area contributed by atoms with Gasteiger partial charge in [0.1, 0.15) is 5.60 Å². The van der Waals surface area contributed by atoms with Gasteiger partial charge in [0.25, 0.3) is 0 Å². The molecule has 0 bridgehead atoms. The van der Waals surface area contributed by atoms with Crippen molar-refractivity contribution < 1.29 is 19.0 Å². The summed E-state index contributed by atoms with van der Waals surface area (Å²) < 4.78 is 21.3. The maximum Gasteiger partial charge on any atom is 0.410 e. The lowest BCUT2D eigenvalue weighted by Crippen LogP contribution is -2.42. The van der Waals surface area contributed by atoms with Crippen molar-refractivity contribution in [2.45, 2.75) is 65.1 Å². The monoisotopic (exact) mass is 470 g/mol. The standard InChI is InChI=1S/C24H31FN6O3/c1-14(2)26-22-20-19(13-18(27-28-20)16-7-6-8-17(25)21(16)32)31(29-22)15-9-11-30(12-10-15)23(33)34-24(3,4)5/h6-8,13-15,32H,9-12H2,1-5H3,(H,26,29). The number of piperidine rings is 1. The summed E-state index contributed by atoms with van der Waals surface area (Å²) in [6.45, 7) is 10.7. The average Bonchev–Trinajstić information content (AvgIpc) is 3.11. The van der Waals surface area contributed by atoms with Gasteiger partial charge in [0.05, 0.1) is 17.3 Å². The van der Waals surface area contributed by atoms with Gasteiger partial charge >= 0.3 is 6.09 Å². The molecule has 1 aromatic carbocycles. The lowest BCUT2D eigenvalue weighted by molar-refractivity contribution is 0.0186. The van der Waals surface area contributed by atoms with Crippen LogP contribution in [0.3, 0.4) is 0 Å². The molecule has 34 heavy (non-hydrogen) atoms. The first-order chi connectivity index (χ1) is 16.0. The largest absolute Gasteiger partial charge is 0.504 e. The van der Waals surface area contributed by atoms with Gasteiger partial charge in [0, 0.05) is 24.7 Å². The van der Waals surface area contributed by atoms with E-state index >= 15 is 0 Å². The highest BCUT2D eigenvalue weighted by molar-refractivity contribution is 5.88. The highest BCUT2D eigenvalue weighted by atomic mass is 19.1. The first-order valence-electron chi connectivity index (χ1n) is 11.5. The lowest BCUT2D eigenvalue weighted by atomic mass is 10.1. The Morgan fingerprint density at radius 1 is 1.24 bits per heavy atom. The molecule has 0 saturated carbocycles. The van der Waals surface area contributed by atoms with Crippen molar-refractivity contribution in [1.29, 1.82) is 0 Å². The number of aromatic nitrogens is 4. The van der Waals surface area contributed by atoms with Gasteiger partial charge in [-0.3, -0.25) is 4.68 Å². The van der Waals surface area contributed by atoms with Crippen LogP contribution in [0.15, 0.2) is 24.3 Å². The van der Waals surface area contributed by atoms with E-state index in [9.17, 15) is 14.3 Å². The molecule has 1 fully saturated rings. The minimum Gasteiger partial charge on any atom is -0.504 e. The highest BCUT2D eigenvalue weighted by Crippen LogP contribution is 2.34. The van der Waals surface area contributed by atoms with Crippen molar-refractivity contribution in [3.8, 4) is 17.0 Å². The van der Waals surface area contributed by atoms with E-state index in [0.717, 1.165) is 5.52 Å². The Morgan fingerprint density at radius 3 is 2.59 bits per heavy atom. The zero-order valence-electron chi connectivity index (χ0n) is 20.2. The first-order valence-corrected chi connectivity index (χ1v) is 11.5. The van der Waals surface area contributed by atoms with E-state index in [2.05, 4.69) is 15.5 Å². The Labute approximate surface area is 197 Å². The maximum atomic E-state index is 13.9. The van der Waals surface area contributed by atoms with E-state index in [0.29, 0.717) is 43.0 Å². The molecule has 1 aliphatic rings. The van der Waals surface area contributed by atoms with Crippen LogP contribution in [-0.2, 0) is 4.74 Å². The maximum absolute atomic E-state index is 13.9. The number of para-hydroxylation sites is 1. The molecule has 3 aromatic rings. The fourth-order valence-electron chi connectivity index (χ4n) is 4.06. The summed E-state index contributed by atoms with van der Waals surface area (Å²) in [7, 11) is 0. The molecule has 1 amide bonds. The zero-order valence-corrected chi connectivity index (χ0v) is 20.2. The Morgan fingerprint density at radius 2 is 1.94 bits per heavy atom. The molecule has 1 aliphatic heterocycles. The number of amides is 1. The van der Waals surface area contributed by atoms with Crippen molar-refractivity contribution in [2.75, 3.05) is 18.4 Å². The number of hydrogen-bond donors (Lipinski definition) is 2. The Kier molecular flexibility index (Phi) is 6.33. The molecule has 2 N–H and O–H groups in total. The van der Waals surface area contributed by atoms with Crippen LogP contribution in [0.25, 0.3) is 22.3 Å². The van der Waals surface area contributed by atoms with E-state index in [1.54, 1.807) is 17.0 Å². The number of aromatic hydroxyl groups is 1. The third-order valence-corrected chi connectivity index (χ3v) is 5.60. The summed E-state index contributed by atoms with van der Waals surface area (Å²) >= 11 is 0. The van der Waals surface area contributed by atoms with Crippen LogP contribution >= 0.6 is 0 Å². The van der Waals surface area contributed by atoms with Crippen LogP contribution < -0.4 is 5.32 Å². The summed E-state index contributed by atoms with van der Waals surface area (Å²) in [5.74, 6) is -0.569. The number of ether oxygens (including phenoxy) is 1. The van der Waals surface area contributed by atoms with E-state index < -0.39 is 17.2 Å². The lowest BCUT2D eigenvalue weighted by Gasteiger charge is -2.33. The molecule has 0 unspecified atom stereocenters. The van der Waals surface area contributed by atoms with Crippen LogP contribution in [0.5, 0.6) is 5.75 Å². The SMILES string of the molecule is CC(C)Nc1nn(C2CCN(C(=O)OC(C)(C)C)CC2)c2cc(-c3cccc(F)c3O)nnc12. The minimum absolute atomic E-state index is 0.0297. The fraction of sp³-hybridized carbons (Fsp3) is 0.500. The number of carbonyl (C=O) groups excluding carboxylic acids is 1. The van der Waals surface area contributed by atoms with Gasteiger partial charge in [0.15, 0.2) is 22.9 Å². The van der Waals surface area contributed by atoms with Crippen LogP contribution in [-0.4, -0.2) is 60.8 Å². The van der Waals surface area contributed by atoms with Gasteiger partial charge in [-0.05, 0) is 65.7 Å². The molecule has 0 radical (unpaired) electrons. The van der Waals surface area contributed by atoms with Gasteiger partial charge in [-0.25, -0.2) is 9.18 Å². The number of benzene rings is 1. The molecule has 10 heteroatoms. The van der Waals surface area contributed by atoms with Crippen molar-refractivity contribution >= 4 is 22.9 Å². The van der Waals surface area contributed by atoms with Gasteiger partial charge < -0.3 is 20.1 Å². The molecule has 9 nitrogen and oxygen atoms in total. The normalized spacial score (nSPS) is 15.2. The molecular weight excluding hydrogens is 439 g/mol. The summed E-state index contributed by atoms with van der Waals surface area (Å²) in [6.07, 6.45) is 1.08. The Bertz CT molecular complexity index is 1200. The number of fused-ring (bicyclic) bond motifs is 1. The number of nitrogens with zero attached hydrogens (tertiary/aromatic N) is 5. The zero-order chi connectivity index (χ0) is 24.6. The van der Waals surface area contributed by atoms with Crippen molar-refractivity contribution in [2.24, 2.45) is 0 Å². The molecule has 3 heterocycles. The number of phenols is 1. The number of carbonyl (C=O) groups is 1. The number of likely N-dealkylation sites (tertiary alicyclic amines) is 1. The van der Waals surface area contributed by atoms with E-state index in [1.807, 2.05) is 39.3 Å². The van der Waals surface area contributed by atoms with Crippen molar-refractivity contribution in [3.63, 3.8) is 0 Å². The highest BCUT2D eigenvalue weighted by Gasteiger charge is 2.29. The molecule has 0 spiro atoms. The molecule has 2 aromatic heterocycles. The van der Waals surface area contributed by atoms with Gasteiger partial charge in [0.2, 0.25) is 0 Å². The van der Waals surface area contributed by atoms with Crippen LogP contribution in [0, 0.1) is 5.82 Å². The number of phenolic OH excluding ortho intramolecular Hbond substituents is 1. The fourth-order valence-corrected chi connectivity index (χ4v) is 4.06. The second-order valence-corrected chi connectivity index (χ2v) is 9.89. The minimum atomic E-state index is -0.718. The summed E-state index contributed by atoms with van der Waals surface area (Å²) in [5.41, 5.74) is 1.41. The van der Waals surface area contributed by atoms with E-state index in [1.165, 1.54) is 12.1 Å². The predicted molar refractivity (Wildman–Crippen MR) is 127 cm³/mol. The second-order valence-electron chi connectivity index (χ2n) is 9.89. The number of rotatable bonds is 4. The van der Waals surface area contributed by atoms with Gasteiger partial charge in [-0.1, -0.05) is 6.07 Å². The molecule has 0 atom stereocenters. The quantitative estimate of drug-likeness (QED) is 0.568. The number of nitrogens with one attached hydrogen (secondary N) is 1. The molecule has 4 rings (SSSR count). The molecule has 182 valence electrons. The van der Waals surface area contributed by atoms with Crippen LogP contribution in [0.2, 0.25) is 0 Å². The van der Waals surface area contributed by atoms with Crippen LogP contribution in [0.1, 0.15) is 53.5 Å². The summed E-state index contributed by atoms with van der Waals surface area (Å²) in [4.78, 5) is 14.2. The Balaban J connectivity index is 1.66. The third-order valence-electron chi connectivity index (χ3n) is 5.60. The molecular formula is C24H31FN6O3.